The van der Waals surface area contributed by atoms with E-state index in [0.717, 1.165) is 11.1 Å². The van der Waals surface area contributed by atoms with Crippen LogP contribution in [-0.2, 0) is 16.1 Å². The standard InChI is InChI=1S/C18H18N2O4/c1-20(12-15-3-2-10-19-11-15)17(21)9-6-14-4-7-16(8-5-14)24-13-18(22)23/h2-11H,12-13H2,1H3,(H,22,23)/b9-6+. The van der Waals surface area contributed by atoms with Crippen LogP contribution in [0.4, 0.5) is 0 Å². The number of amides is 1. The van der Waals surface area contributed by atoms with Crippen LogP contribution in [0.3, 0.4) is 0 Å². The van der Waals surface area contributed by atoms with Gasteiger partial charge in [0.1, 0.15) is 5.75 Å². The van der Waals surface area contributed by atoms with E-state index in [1.165, 1.54) is 6.08 Å². The summed E-state index contributed by atoms with van der Waals surface area (Å²) in [5, 5.41) is 8.55. The van der Waals surface area contributed by atoms with Crippen LogP contribution in [0.15, 0.2) is 54.9 Å². The SMILES string of the molecule is CN(Cc1cccnc1)C(=O)/C=C/c1ccc(OCC(=O)O)cc1. The molecule has 0 bridgehead atoms. The molecule has 6 heteroatoms. The fourth-order valence-corrected chi connectivity index (χ4v) is 1.96. The van der Waals surface area contributed by atoms with E-state index in [9.17, 15) is 9.59 Å². The lowest BCUT2D eigenvalue weighted by molar-refractivity contribution is -0.139. The highest BCUT2D eigenvalue weighted by atomic mass is 16.5. The average molecular weight is 326 g/mol. The summed E-state index contributed by atoms with van der Waals surface area (Å²) < 4.78 is 5.05. The number of hydrogen-bond acceptors (Lipinski definition) is 4. The quantitative estimate of drug-likeness (QED) is 0.789. The zero-order valence-electron chi connectivity index (χ0n) is 13.3. The first-order valence-electron chi connectivity index (χ1n) is 7.31. The van der Waals surface area contributed by atoms with Crippen LogP contribution in [0.5, 0.6) is 5.75 Å². The first kappa shape index (κ1) is 17.2. The van der Waals surface area contributed by atoms with Gasteiger partial charge < -0.3 is 14.7 Å². The van der Waals surface area contributed by atoms with Gasteiger partial charge in [-0.3, -0.25) is 9.78 Å². The molecule has 1 aromatic carbocycles. The second-order valence-electron chi connectivity index (χ2n) is 5.14. The van der Waals surface area contributed by atoms with Gasteiger partial charge in [0.05, 0.1) is 0 Å². The van der Waals surface area contributed by atoms with Gasteiger partial charge in [0.15, 0.2) is 6.61 Å². The summed E-state index contributed by atoms with van der Waals surface area (Å²) in [7, 11) is 1.72. The van der Waals surface area contributed by atoms with Crippen molar-refractivity contribution in [2.75, 3.05) is 13.7 Å². The molecule has 0 fully saturated rings. The summed E-state index contributed by atoms with van der Waals surface area (Å²) in [5.74, 6) is -0.680. The summed E-state index contributed by atoms with van der Waals surface area (Å²) in [6.07, 6.45) is 6.60. The van der Waals surface area contributed by atoms with Gasteiger partial charge in [-0.05, 0) is 35.4 Å². The number of aromatic nitrogens is 1. The Morgan fingerprint density at radius 3 is 2.62 bits per heavy atom. The third-order valence-corrected chi connectivity index (χ3v) is 3.18. The van der Waals surface area contributed by atoms with Crippen LogP contribution in [0.25, 0.3) is 6.08 Å². The molecule has 0 atom stereocenters. The van der Waals surface area contributed by atoms with Crippen molar-refractivity contribution in [3.8, 4) is 5.75 Å². The third-order valence-electron chi connectivity index (χ3n) is 3.18. The number of carbonyl (C=O) groups is 2. The molecule has 24 heavy (non-hydrogen) atoms. The van der Waals surface area contributed by atoms with Crippen LogP contribution in [0.2, 0.25) is 0 Å². The monoisotopic (exact) mass is 326 g/mol. The molecule has 0 spiro atoms. The Morgan fingerprint density at radius 2 is 2.00 bits per heavy atom. The Kier molecular flexibility index (Phi) is 6.08. The van der Waals surface area contributed by atoms with E-state index < -0.39 is 5.97 Å². The third kappa shape index (κ3) is 5.57. The molecular formula is C18H18N2O4. The van der Waals surface area contributed by atoms with Crippen LogP contribution in [0.1, 0.15) is 11.1 Å². The number of likely N-dealkylation sites (N-methyl/N-ethyl adjacent to an activating group) is 1. The summed E-state index contributed by atoms with van der Waals surface area (Å²) in [6, 6.07) is 10.6. The van der Waals surface area contributed by atoms with Crippen LogP contribution >= 0.6 is 0 Å². The van der Waals surface area contributed by atoms with Gasteiger partial charge in [-0.25, -0.2) is 4.79 Å². The number of pyridine rings is 1. The van der Waals surface area contributed by atoms with E-state index in [1.807, 2.05) is 12.1 Å². The molecule has 2 aromatic rings. The van der Waals surface area contributed by atoms with Gasteiger partial charge in [0.2, 0.25) is 5.91 Å². The van der Waals surface area contributed by atoms with E-state index in [-0.39, 0.29) is 12.5 Å². The highest BCUT2D eigenvalue weighted by molar-refractivity contribution is 5.91. The molecular weight excluding hydrogens is 308 g/mol. The van der Waals surface area contributed by atoms with Gasteiger partial charge in [-0.2, -0.15) is 0 Å². The number of aliphatic carboxylic acids is 1. The highest BCUT2D eigenvalue weighted by Crippen LogP contribution is 2.13. The maximum Gasteiger partial charge on any atom is 0.341 e. The molecule has 0 radical (unpaired) electrons. The van der Waals surface area contributed by atoms with Crippen molar-refractivity contribution in [2.24, 2.45) is 0 Å². The molecule has 1 aromatic heterocycles. The second kappa shape index (κ2) is 8.47. The minimum Gasteiger partial charge on any atom is -0.482 e. The zero-order valence-corrected chi connectivity index (χ0v) is 13.3. The van der Waals surface area contributed by atoms with Crippen molar-refractivity contribution >= 4 is 18.0 Å². The summed E-state index contributed by atoms with van der Waals surface area (Å²) in [6.45, 7) is 0.103. The first-order chi connectivity index (χ1) is 11.5. The summed E-state index contributed by atoms with van der Waals surface area (Å²) >= 11 is 0. The molecule has 1 N–H and O–H groups in total. The predicted molar refractivity (Wildman–Crippen MR) is 89.3 cm³/mol. The molecule has 0 unspecified atom stereocenters. The topological polar surface area (TPSA) is 79.7 Å². The van der Waals surface area contributed by atoms with Gasteiger partial charge >= 0.3 is 5.97 Å². The fourth-order valence-electron chi connectivity index (χ4n) is 1.96. The van der Waals surface area contributed by atoms with E-state index in [0.29, 0.717) is 12.3 Å². The minimum atomic E-state index is -1.03. The van der Waals surface area contributed by atoms with Crippen LogP contribution in [-0.4, -0.2) is 40.5 Å². The van der Waals surface area contributed by atoms with Crippen LogP contribution in [0, 0.1) is 0 Å². The minimum absolute atomic E-state index is 0.120. The van der Waals surface area contributed by atoms with Crippen molar-refractivity contribution in [1.82, 2.24) is 9.88 Å². The molecule has 0 saturated carbocycles. The Hall–Kier alpha value is -3.15. The van der Waals surface area contributed by atoms with E-state index in [1.54, 1.807) is 54.7 Å². The molecule has 1 heterocycles. The molecule has 6 nitrogen and oxygen atoms in total. The van der Waals surface area contributed by atoms with E-state index in [4.69, 9.17) is 9.84 Å². The molecule has 1 amide bonds. The zero-order chi connectivity index (χ0) is 17.4. The molecule has 0 aliphatic carbocycles. The lowest BCUT2D eigenvalue weighted by Gasteiger charge is -2.14. The average Bonchev–Trinajstić information content (AvgIpc) is 2.59. The number of carboxylic acids is 1. The summed E-state index contributed by atoms with van der Waals surface area (Å²) in [5.41, 5.74) is 1.78. The Labute approximate surface area is 140 Å². The lowest BCUT2D eigenvalue weighted by atomic mass is 10.2. The smallest absolute Gasteiger partial charge is 0.341 e. The van der Waals surface area contributed by atoms with Gasteiger partial charge in [0.25, 0.3) is 0 Å². The number of nitrogens with zero attached hydrogens (tertiary/aromatic N) is 2. The van der Waals surface area contributed by atoms with Crippen molar-refractivity contribution in [3.05, 3.63) is 66.0 Å². The molecule has 0 saturated heterocycles. The Bertz CT molecular complexity index is 712. The molecule has 0 aliphatic heterocycles. The van der Waals surface area contributed by atoms with Gasteiger partial charge in [-0.15, -0.1) is 0 Å². The number of benzene rings is 1. The highest BCUT2D eigenvalue weighted by Gasteiger charge is 2.05. The lowest BCUT2D eigenvalue weighted by Crippen LogP contribution is -2.24. The molecule has 0 aliphatic rings. The van der Waals surface area contributed by atoms with Crippen LogP contribution < -0.4 is 4.74 Å². The maximum absolute atomic E-state index is 12.1. The fraction of sp³-hybridized carbons (Fsp3) is 0.167. The Balaban J connectivity index is 1.89. The molecule has 124 valence electrons. The predicted octanol–water partition coefficient (Wildman–Crippen LogP) is 2.22. The van der Waals surface area contributed by atoms with Gasteiger partial charge in [-0.1, -0.05) is 18.2 Å². The van der Waals surface area contributed by atoms with Crippen molar-refractivity contribution in [2.45, 2.75) is 6.54 Å². The van der Waals surface area contributed by atoms with Crippen molar-refractivity contribution < 1.29 is 19.4 Å². The van der Waals surface area contributed by atoms with Crippen molar-refractivity contribution in [1.29, 1.82) is 0 Å². The number of rotatable bonds is 7. The first-order valence-corrected chi connectivity index (χ1v) is 7.31. The number of carboxylic acid groups (broad SMARTS) is 1. The largest absolute Gasteiger partial charge is 0.482 e. The number of carbonyl (C=O) groups excluding carboxylic acids is 1. The van der Waals surface area contributed by atoms with E-state index in [2.05, 4.69) is 4.98 Å². The van der Waals surface area contributed by atoms with E-state index >= 15 is 0 Å². The van der Waals surface area contributed by atoms with Gasteiger partial charge in [0, 0.05) is 32.1 Å². The molecule has 2 rings (SSSR count). The Morgan fingerprint density at radius 1 is 1.25 bits per heavy atom. The normalized spacial score (nSPS) is 10.5. The number of ether oxygens (including phenoxy) is 1. The maximum atomic E-state index is 12.1. The van der Waals surface area contributed by atoms with Crippen molar-refractivity contribution in [3.63, 3.8) is 0 Å². The second-order valence-corrected chi connectivity index (χ2v) is 5.14. The number of hydrogen-bond donors (Lipinski definition) is 1. The summed E-state index contributed by atoms with van der Waals surface area (Å²) in [4.78, 5) is 28.1.